The molecular formula is C40H43N3O8. The van der Waals surface area contributed by atoms with E-state index in [1.54, 1.807) is 0 Å². The van der Waals surface area contributed by atoms with Gasteiger partial charge in [0.1, 0.15) is 42.7 Å². The van der Waals surface area contributed by atoms with Gasteiger partial charge < -0.3 is 37.9 Å². The van der Waals surface area contributed by atoms with Gasteiger partial charge in [0.2, 0.25) is 0 Å². The molecule has 0 aromatic heterocycles. The van der Waals surface area contributed by atoms with E-state index in [9.17, 15) is 5.53 Å². The molecule has 10 atom stereocenters. The first-order valence-electron chi connectivity index (χ1n) is 17.4. The van der Waals surface area contributed by atoms with E-state index in [0.717, 1.165) is 22.3 Å². The van der Waals surface area contributed by atoms with Crippen LogP contribution < -0.4 is 0 Å². The zero-order valence-electron chi connectivity index (χ0n) is 28.5. The zero-order chi connectivity index (χ0) is 34.8. The molecule has 0 aliphatic carbocycles. The van der Waals surface area contributed by atoms with Crippen LogP contribution in [0.3, 0.4) is 0 Å². The number of rotatable bonds is 15. The summed E-state index contributed by atoms with van der Waals surface area (Å²) in [6, 6.07) is 39.0. The highest BCUT2D eigenvalue weighted by molar-refractivity contribution is 5.16. The Labute approximate surface area is 297 Å². The predicted molar refractivity (Wildman–Crippen MR) is 187 cm³/mol. The third-order valence-corrected chi connectivity index (χ3v) is 9.38. The second-order valence-electron chi connectivity index (χ2n) is 12.9. The second kappa shape index (κ2) is 17.4. The largest absolute Gasteiger partial charge is 0.370 e. The van der Waals surface area contributed by atoms with Crippen molar-refractivity contribution in [1.29, 1.82) is 0 Å². The lowest BCUT2D eigenvalue weighted by atomic mass is 9.96. The summed E-state index contributed by atoms with van der Waals surface area (Å²) in [6.45, 7) is 3.44. The maximum absolute atomic E-state index is 9.54. The molecule has 3 aliphatic rings. The van der Waals surface area contributed by atoms with E-state index in [4.69, 9.17) is 37.9 Å². The summed E-state index contributed by atoms with van der Waals surface area (Å²) in [5.41, 5.74) is 13.5. The van der Waals surface area contributed by atoms with E-state index >= 15 is 0 Å². The van der Waals surface area contributed by atoms with Gasteiger partial charge in [-0.25, -0.2) is 0 Å². The van der Waals surface area contributed by atoms with Crippen LogP contribution in [0, 0.1) is 0 Å². The lowest BCUT2D eigenvalue weighted by molar-refractivity contribution is -0.346. The average Bonchev–Trinajstić information content (AvgIpc) is 3.62. The van der Waals surface area contributed by atoms with Gasteiger partial charge in [-0.05, 0) is 34.7 Å². The molecule has 3 saturated heterocycles. The summed E-state index contributed by atoms with van der Waals surface area (Å²) in [5, 5.41) is 4.06. The molecule has 4 aromatic rings. The summed E-state index contributed by atoms with van der Waals surface area (Å²) in [5.74, 6) is 0. The van der Waals surface area contributed by atoms with Crippen molar-refractivity contribution in [3.63, 3.8) is 0 Å². The molecule has 0 amide bonds. The second-order valence-corrected chi connectivity index (χ2v) is 12.9. The van der Waals surface area contributed by atoms with E-state index in [-0.39, 0.29) is 19.8 Å². The Morgan fingerprint density at radius 1 is 0.588 bits per heavy atom. The topological polar surface area (TPSA) is 123 Å². The summed E-state index contributed by atoms with van der Waals surface area (Å²) in [4.78, 5) is 3.11. The summed E-state index contributed by atoms with van der Waals surface area (Å²) >= 11 is 0. The van der Waals surface area contributed by atoms with Crippen LogP contribution in [0.25, 0.3) is 10.4 Å². The molecule has 7 rings (SSSR count). The maximum Gasteiger partial charge on any atom is 0.187 e. The number of hydrogen-bond acceptors (Lipinski definition) is 9. The van der Waals surface area contributed by atoms with Crippen molar-refractivity contribution in [2.75, 3.05) is 6.61 Å². The van der Waals surface area contributed by atoms with Gasteiger partial charge >= 0.3 is 0 Å². The quantitative estimate of drug-likeness (QED) is 0.0750. The number of nitrogens with zero attached hydrogens (tertiary/aromatic N) is 3. The average molecular weight is 694 g/mol. The zero-order valence-corrected chi connectivity index (χ0v) is 28.5. The molecule has 0 spiro atoms. The van der Waals surface area contributed by atoms with Crippen molar-refractivity contribution < 1.29 is 37.9 Å². The number of fused-ring (bicyclic) bond motifs is 2. The van der Waals surface area contributed by atoms with E-state index in [2.05, 4.69) is 10.0 Å². The first-order chi connectivity index (χ1) is 25.2. The molecule has 0 radical (unpaired) electrons. The van der Waals surface area contributed by atoms with Crippen LogP contribution in [0.2, 0.25) is 0 Å². The van der Waals surface area contributed by atoms with Crippen LogP contribution in [0.4, 0.5) is 0 Å². The predicted octanol–water partition coefficient (Wildman–Crippen LogP) is 6.89. The van der Waals surface area contributed by atoms with Crippen molar-refractivity contribution >= 4 is 0 Å². The molecule has 3 aliphatic heterocycles. The van der Waals surface area contributed by atoms with Crippen molar-refractivity contribution in [1.82, 2.24) is 0 Å². The number of azide groups is 1. The van der Waals surface area contributed by atoms with Gasteiger partial charge in [0.25, 0.3) is 0 Å². The summed E-state index contributed by atoms with van der Waals surface area (Å²) in [7, 11) is 0. The molecule has 0 N–H and O–H groups in total. The van der Waals surface area contributed by atoms with Crippen LogP contribution in [0.1, 0.15) is 29.2 Å². The molecule has 4 aromatic carbocycles. The first kappa shape index (κ1) is 35.3. The molecule has 11 nitrogen and oxygen atoms in total. The van der Waals surface area contributed by atoms with Gasteiger partial charge in [0.15, 0.2) is 12.6 Å². The number of ether oxygens (including phenoxy) is 8. The fourth-order valence-electron chi connectivity index (χ4n) is 6.79. The molecule has 2 bridgehead atoms. The first-order valence-corrected chi connectivity index (χ1v) is 17.4. The fraction of sp³-hybridized carbons (Fsp3) is 0.400. The SMILES string of the molecule is C[C@@H]1O[C@H](O[C@H]2[C@H](OCc3ccccc3)[C@@H](N=[N+]=[N-])[C@@H]3OC[C@H]2O3)[C@H](OCc2ccccc2)[C@H](OCc2ccccc2)[C@H]1OCc1ccccc1. The normalized spacial score (nSPS) is 30.1. The smallest absolute Gasteiger partial charge is 0.187 e. The third kappa shape index (κ3) is 8.85. The van der Waals surface area contributed by atoms with Gasteiger partial charge in [0, 0.05) is 4.91 Å². The Balaban J connectivity index is 1.19. The fourth-order valence-corrected chi connectivity index (χ4v) is 6.79. The molecule has 0 unspecified atom stereocenters. The van der Waals surface area contributed by atoms with Crippen molar-refractivity contribution in [3.05, 3.63) is 154 Å². The van der Waals surface area contributed by atoms with Crippen LogP contribution in [0.15, 0.2) is 126 Å². The molecule has 0 saturated carbocycles. The minimum atomic E-state index is -0.929. The van der Waals surface area contributed by atoms with Crippen LogP contribution >= 0.6 is 0 Å². The Hall–Kier alpha value is -4.13. The minimum Gasteiger partial charge on any atom is -0.370 e. The molecule has 51 heavy (non-hydrogen) atoms. The number of hydrogen-bond donors (Lipinski definition) is 0. The van der Waals surface area contributed by atoms with Crippen LogP contribution in [-0.4, -0.2) is 68.0 Å². The van der Waals surface area contributed by atoms with Gasteiger partial charge in [0.05, 0.1) is 39.1 Å². The lowest BCUT2D eigenvalue weighted by Crippen LogP contribution is -2.63. The van der Waals surface area contributed by atoms with Crippen molar-refractivity contribution in [2.24, 2.45) is 5.11 Å². The highest BCUT2D eigenvalue weighted by Crippen LogP contribution is 2.38. The minimum absolute atomic E-state index is 0.243. The standard InChI is InChI=1S/C40H43N3O8/c1-27-34(44-22-28-14-6-2-7-15-28)37(46-24-30-18-10-4-11-19-30)38(47-25-31-20-12-5-13-21-31)40(49-27)51-35-32-26-48-39(50-32)33(42-43-41)36(35)45-23-29-16-8-3-9-17-29/h2-21,27,32-40H,22-26H2,1H3/t27-,32+,33+,34-,35+,36+,37+,38+,39+,40+/m0/s1. The van der Waals surface area contributed by atoms with E-state index < -0.39 is 61.3 Å². The lowest BCUT2D eigenvalue weighted by Gasteiger charge is -2.47. The highest BCUT2D eigenvalue weighted by Gasteiger charge is 2.55. The van der Waals surface area contributed by atoms with Crippen molar-refractivity contribution in [3.8, 4) is 0 Å². The molecule has 11 heteroatoms. The Morgan fingerprint density at radius 2 is 1.04 bits per heavy atom. The van der Waals surface area contributed by atoms with Crippen LogP contribution in [0.5, 0.6) is 0 Å². The Bertz CT molecular complexity index is 1680. The van der Waals surface area contributed by atoms with Gasteiger partial charge in [-0.1, -0.05) is 126 Å². The molecular weight excluding hydrogens is 650 g/mol. The summed E-state index contributed by atoms with van der Waals surface area (Å²) in [6.07, 6.45) is -5.88. The third-order valence-electron chi connectivity index (χ3n) is 9.38. The molecule has 266 valence electrons. The van der Waals surface area contributed by atoms with Crippen molar-refractivity contribution in [2.45, 2.75) is 94.7 Å². The molecule has 3 fully saturated rings. The van der Waals surface area contributed by atoms with Gasteiger partial charge in [-0.3, -0.25) is 0 Å². The Kier molecular flexibility index (Phi) is 12.0. The summed E-state index contributed by atoms with van der Waals surface area (Å²) < 4.78 is 52.3. The monoisotopic (exact) mass is 693 g/mol. The van der Waals surface area contributed by atoms with Crippen LogP contribution in [-0.2, 0) is 64.3 Å². The maximum atomic E-state index is 9.54. The highest BCUT2D eigenvalue weighted by atomic mass is 16.8. The van der Waals surface area contributed by atoms with Gasteiger partial charge in [-0.2, -0.15) is 0 Å². The number of benzene rings is 4. The van der Waals surface area contributed by atoms with E-state index in [0.29, 0.717) is 13.2 Å². The van der Waals surface area contributed by atoms with E-state index in [1.165, 1.54) is 0 Å². The Morgan fingerprint density at radius 3 is 1.53 bits per heavy atom. The molecule has 3 heterocycles. The van der Waals surface area contributed by atoms with Gasteiger partial charge in [-0.15, -0.1) is 0 Å². The van der Waals surface area contributed by atoms with E-state index in [1.807, 2.05) is 128 Å².